The fourth-order valence-corrected chi connectivity index (χ4v) is 1.12. The van der Waals surface area contributed by atoms with E-state index in [0.29, 0.717) is 5.95 Å². The van der Waals surface area contributed by atoms with Crippen LogP contribution in [-0.2, 0) is 0 Å². The summed E-state index contributed by atoms with van der Waals surface area (Å²) in [5.41, 5.74) is -0.354. The number of anilines is 1. The molecule has 0 atom stereocenters. The Labute approximate surface area is 101 Å². The van der Waals surface area contributed by atoms with E-state index in [1.54, 1.807) is 0 Å². The molecule has 1 rings (SSSR count). The molecule has 1 heterocycles. The summed E-state index contributed by atoms with van der Waals surface area (Å²) in [6, 6.07) is 0.242. The van der Waals surface area contributed by atoms with Gasteiger partial charge in [0.05, 0.1) is 0 Å². The highest BCUT2D eigenvalue weighted by Gasteiger charge is 2.15. The van der Waals surface area contributed by atoms with Crippen molar-refractivity contribution in [1.29, 1.82) is 0 Å². The minimum atomic E-state index is -0.354. The molecule has 0 saturated heterocycles. The molecule has 6 heteroatoms. The molecule has 0 saturated carbocycles. The van der Waals surface area contributed by atoms with Gasteiger partial charge in [-0.1, -0.05) is 6.92 Å². The van der Waals surface area contributed by atoms with Gasteiger partial charge in [0.2, 0.25) is 11.2 Å². The van der Waals surface area contributed by atoms with Crippen LogP contribution < -0.4 is 10.1 Å². The summed E-state index contributed by atoms with van der Waals surface area (Å²) in [4.78, 5) is 12.0. The Balaban J connectivity index is 2.81. The van der Waals surface area contributed by atoms with Crippen molar-refractivity contribution in [2.45, 2.75) is 39.7 Å². The summed E-state index contributed by atoms with van der Waals surface area (Å²) < 4.78 is 5.52. The SMILES string of the molecule is CCCNc1nc(Cl)nc(OC(C)(C)C)n1. The van der Waals surface area contributed by atoms with Crippen molar-refractivity contribution >= 4 is 17.5 Å². The highest BCUT2D eigenvalue weighted by molar-refractivity contribution is 6.28. The van der Waals surface area contributed by atoms with Crippen LogP contribution in [0.5, 0.6) is 6.01 Å². The molecule has 1 N–H and O–H groups in total. The van der Waals surface area contributed by atoms with Crippen molar-refractivity contribution in [3.05, 3.63) is 5.28 Å². The van der Waals surface area contributed by atoms with Gasteiger partial charge in [0.25, 0.3) is 0 Å². The van der Waals surface area contributed by atoms with E-state index >= 15 is 0 Å². The number of rotatable bonds is 4. The molecule has 0 bridgehead atoms. The van der Waals surface area contributed by atoms with E-state index < -0.39 is 0 Å². The van der Waals surface area contributed by atoms with Crippen molar-refractivity contribution in [3.63, 3.8) is 0 Å². The van der Waals surface area contributed by atoms with Gasteiger partial charge in [-0.15, -0.1) is 0 Å². The van der Waals surface area contributed by atoms with Gasteiger partial charge in [0.15, 0.2) is 0 Å². The van der Waals surface area contributed by atoms with Crippen LogP contribution in [0.3, 0.4) is 0 Å². The fraction of sp³-hybridized carbons (Fsp3) is 0.700. The molecule has 16 heavy (non-hydrogen) atoms. The first-order chi connectivity index (χ1) is 7.40. The second kappa shape index (κ2) is 5.30. The fourth-order valence-electron chi connectivity index (χ4n) is 0.967. The zero-order valence-electron chi connectivity index (χ0n) is 10.0. The largest absolute Gasteiger partial charge is 0.458 e. The van der Waals surface area contributed by atoms with Crippen LogP contribution >= 0.6 is 11.6 Å². The average Bonchev–Trinajstić information content (AvgIpc) is 2.10. The number of hydrogen-bond acceptors (Lipinski definition) is 5. The first-order valence-electron chi connectivity index (χ1n) is 5.25. The quantitative estimate of drug-likeness (QED) is 0.882. The molecule has 1 aromatic heterocycles. The van der Waals surface area contributed by atoms with Gasteiger partial charge < -0.3 is 10.1 Å². The predicted octanol–water partition coefficient (Wildman–Crippen LogP) is 2.52. The molecule has 0 spiro atoms. The monoisotopic (exact) mass is 244 g/mol. The third kappa shape index (κ3) is 4.61. The summed E-state index contributed by atoms with van der Waals surface area (Å²) in [7, 11) is 0. The summed E-state index contributed by atoms with van der Waals surface area (Å²) in [6.45, 7) is 8.61. The maximum atomic E-state index is 5.78. The van der Waals surface area contributed by atoms with Crippen molar-refractivity contribution < 1.29 is 4.74 Å². The van der Waals surface area contributed by atoms with Crippen molar-refractivity contribution in [1.82, 2.24) is 15.0 Å². The van der Waals surface area contributed by atoms with E-state index in [2.05, 4.69) is 27.2 Å². The van der Waals surface area contributed by atoms with E-state index in [1.807, 2.05) is 20.8 Å². The van der Waals surface area contributed by atoms with E-state index in [-0.39, 0.29) is 16.9 Å². The second-order valence-corrected chi connectivity index (χ2v) is 4.69. The number of halogens is 1. The average molecular weight is 245 g/mol. The molecule has 90 valence electrons. The third-order valence-corrected chi connectivity index (χ3v) is 1.69. The first-order valence-corrected chi connectivity index (χ1v) is 5.63. The zero-order valence-corrected chi connectivity index (χ0v) is 10.8. The lowest BCUT2D eigenvalue weighted by Crippen LogP contribution is -2.24. The van der Waals surface area contributed by atoms with Crippen molar-refractivity contribution in [2.75, 3.05) is 11.9 Å². The van der Waals surface area contributed by atoms with Crippen LogP contribution in [0.4, 0.5) is 5.95 Å². The van der Waals surface area contributed by atoms with Crippen LogP contribution in [0.2, 0.25) is 5.28 Å². The number of ether oxygens (including phenoxy) is 1. The lowest BCUT2D eigenvalue weighted by Gasteiger charge is -2.19. The zero-order chi connectivity index (χ0) is 12.2. The van der Waals surface area contributed by atoms with E-state index in [1.165, 1.54) is 0 Å². The molecule has 0 aromatic carbocycles. The molecular weight excluding hydrogens is 228 g/mol. The first kappa shape index (κ1) is 13.0. The summed E-state index contributed by atoms with van der Waals surface area (Å²) >= 11 is 5.78. The van der Waals surface area contributed by atoms with Gasteiger partial charge in [0.1, 0.15) is 5.60 Å². The molecular formula is C10H17ClN4O. The molecule has 0 aliphatic carbocycles. The molecule has 0 aliphatic heterocycles. The van der Waals surface area contributed by atoms with Crippen LogP contribution in [0.25, 0.3) is 0 Å². The number of hydrogen-bond donors (Lipinski definition) is 1. The summed E-state index contributed by atoms with van der Waals surface area (Å²) in [5, 5.41) is 3.17. The van der Waals surface area contributed by atoms with Crippen LogP contribution in [0.15, 0.2) is 0 Å². The Kier molecular flexibility index (Phi) is 4.29. The Morgan fingerprint density at radius 3 is 2.50 bits per heavy atom. The van der Waals surface area contributed by atoms with Crippen LogP contribution in [-0.4, -0.2) is 27.1 Å². The molecule has 0 unspecified atom stereocenters. The van der Waals surface area contributed by atoms with Gasteiger partial charge in [-0.2, -0.15) is 15.0 Å². The smallest absolute Gasteiger partial charge is 0.323 e. The van der Waals surface area contributed by atoms with E-state index in [9.17, 15) is 0 Å². The molecule has 0 amide bonds. The lowest BCUT2D eigenvalue weighted by atomic mass is 10.2. The van der Waals surface area contributed by atoms with Gasteiger partial charge in [-0.05, 0) is 38.8 Å². The number of nitrogens with one attached hydrogen (secondary N) is 1. The van der Waals surface area contributed by atoms with Crippen molar-refractivity contribution in [2.24, 2.45) is 0 Å². The molecule has 0 fully saturated rings. The molecule has 0 radical (unpaired) electrons. The summed E-state index contributed by atoms with van der Waals surface area (Å²) in [5.74, 6) is 0.445. The maximum Gasteiger partial charge on any atom is 0.323 e. The molecule has 0 aliphatic rings. The van der Waals surface area contributed by atoms with Gasteiger partial charge in [-0.25, -0.2) is 0 Å². The predicted molar refractivity (Wildman–Crippen MR) is 64.0 cm³/mol. The molecule has 5 nitrogen and oxygen atoms in total. The number of aromatic nitrogens is 3. The highest BCUT2D eigenvalue weighted by Crippen LogP contribution is 2.16. The van der Waals surface area contributed by atoms with Crippen LogP contribution in [0.1, 0.15) is 34.1 Å². The number of nitrogens with zero attached hydrogens (tertiary/aromatic N) is 3. The van der Waals surface area contributed by atoms with Gasteiger partial charge >= 0.3 is 6.01 Å². The Bertz CT molecular complexity index is 351. The van der Waals surface area contributed by atoms with Crippen molar-refractivity contribution in [3.8, 4) is 6.01 Å². The minimum absolute atomic E-state index is 0.132. The molecule has 1 aromatic rings. The van der Waals surface area contributed by atoms with Gasteiger partial charge in [0, 0.05) is 6.54 Å². The van der Waals surface area contributed by atoms with Crippen LogP contribution in [0, 0.1) is 0 Å². The Hall–Kier alpha value is -1.10. The normalized spacial score (nSPS) is 11.3. The lowest BCUT2D eigenvalue weighted by molar-refractivity contribution is 0.116. The topological polar surface area (TPSA) is 59.9 Å². The highest BCUT2D eigenvalue weighted by atomic mass is 35.5. The standard InChI is InChI=1S/C10H17ClN4O/c1-5-6-12-8-13-7(11)14-9(15-8)16-10(2,3)4/h5-6H2,1-4H3,(H,12,13,14,15). The Morgan fingerprint density at radius 2 is 1.94 bits per heavy atom. The van der Waals surface area contributed by atoms with E-state index in [0.717, 1.165) is 13.0 Å². The van der Waals surface area contributed by atoms with E-state index in [4.69, 9.17) is 16.3 Å². The summed E-state index contributed by atoms with van der Waals surface area (Å²) in [6.07, 6.45) is 0.985. The maximum absolute atomic E-state index is 5.78. The second-order valence-electron chi connectivity index (χ2n) is 4.35. The minimum Gasteiger partial charge on any atom is -0.458 e. The third-order valence-electron chi connectivity index (χ3n) is 1.52. The van der Waals surface area contributed by atoms with Gasteiger partial charge in [-0.3, -0.25) is 0 Å². The Morgan fingerprint density at radius 1 is 1.25 bits per heavy atom.